The molecule has 5 aromatic rings. The van der Waals surface area contributed by atoms with Crippen LogP contribution in [0.3, 0.4) is 0 Å². The molecule has 0 aliphatic rings. The highest BCUT2D eigenvalue weighted by molar-refractivity contribution is 7.85. The molecule has 0 spiro atoms. The molecule has 0 saturated heterocycles. The van der Waals surface area contributed by atoms with Crippen molar-refractivity contribution in [1.29, 1.82) is 0 Å². The van der Waals surface area contributed by atoms with Gasteiger partial charge in [0.05, 0.1) is 63.3 Å². The van der Waals surface area contributed by atoms with Crippen molar-refractivity contribution < 1.29 is 91.0 Å². The maximum atomic E-state index is 15.8. The number of aliphatic carboxylic acids is 2. The van der Waals surface area contributed by atoms with Crippen molar-refractivity contribution >= 4 is 97.9 Å². The molecule has 0 amide bonds. The number of ether oxygens (including phenoxy) is 1. The van der Waals surface area contributed by atoms with Gasteiger partial charge in [-0.15, -0.1) is 10.2 Å². The molecule has 0 radical (unpaired) electrons. The molecule has 30 heteroatoms. The molecular formula is C39H32F2N10O17S. The van der Waals surface area contributed by atoms with Crippen LogP contribution in [0.25, 0.3) is 0 Å². The number of nitrogens with zero attached hydrogens (tertiary/aromatic N) is 7. The Morgan fingerprint density at radius 1 is 0.623 bits per heavy atom. The lowest BCUT2D eigenvalue weighted by Crippen LogP contribution is -2.40. The number of aromatic carboxylic acids is 4. The molecule has 5 rings (SSSR count). The molecule has 27 nitrogen and oxygen atoms in total. The zero-order valence-corrected chi connectivity index (χ0v) is 35.4. The van der Waals surface area contributed by atoms with E-state index < -0.39 is 150 Å². The highest BCUT2D eigenvalue weighted by atomic mass is 32.2. The molecule has 0 aliphatic heterocycles. The summed E-state index contributed by atoms with van der Waals surface area (Å²) in [5.74, 6) is -17.3. The second kappa shape index (κ2) is 21.3. The summed E-state index contributed by atoms with van der Waals surface area (Å²) in [6.45, 7) is 0.546. The molecule has 0 fully saturated rings. The van der Waals surface area contributed by atoms with Crippen molar-refractivity contribution in [2.24, 2.45) is 26.4 Å². The van der Waals surface area contributed by atoms with Crippen LogP contribution in [0.2, 0.25) is 0 Å². The van der Waals surface area contributed by atoms with Gasteiger partial charge in [-0.1, -0.05) is 0 Å². The van der Waals surface area contributed by atoms with Gasteiger partial charge in [0.15, 0.2) is 11.6 Å². The third-order valence-corrected chi connectivity index (χ3v) is 9.66. The minimum Gasteiger partial charge on any atom is -0.506 e. The molecule has 4 aromatic carbocycles. The van der Waals surface area contributed by atoms with Gasteiger partial charge in [-0.3, -0.25) is 9.35 Å². The molecule has 2 unspecified atom stereocenters. The van der Waals surface area contributed by atoms with Gasteiger partial charge >= 0.3 is 35.8 Å². The Morgan fingerprint density at radius 3 is 1.49 bits per heavy atom. The average molecular weight is 983 g/mol. The van der Waals surface area contributed by atoms with Crippen LogP contribution in [0.4, 0.5) is 60.8 Å². The van der Waals surface area contributed by atoms with Crippen molar-refractivity contribution in [3.63, 3.8) is 0 Å². The summed E-state index contributed by atoms with van der Waals surface area (Å²) in [4.78, 5) is 82.0. The summed E-state index contributed by atoms with van der Waals surface area (Å²) in [6.07, 6.45) is -0.345. The van der Waals surface area contributed by atoms with Gasteiger partial charge in [-0.25, -0.2) is 32.8 Å². The number of benzene rings is 4. The smallest absolute Gasteiger partial charge is 0.335 e. The first-order valence-electron chi connectivity index (χ1n) is 18.9. The van der Waals surface area contributed by atoms with E-state index in [0.717, 1.165) is 55.5 Å². The lowest BCUT2D eigenvalue weighted by atomic mass is 10.0. The second-order valence-corrected chi connectivity index (χ2v) is 15.5. The maximum Gasteiger partial charge on any atom is 0.335 e. The zero-order chi connectivity index (χ0) is 50.9. The van der Waals surface area contributed by atoms with E-state index in [1.54, 1.807) is 0 Å². The fourth-order valence-electron chi connectivity index (χ4n) is 5.52. The van der Waals surface area contributed by atoms with Crippen molar-refractivity contribution in [3.05, 3.63) is 94.6 Å². The van der Waals surface area contributed by atoms with Crippen LogP contribution in [0, 0.1) is 17.6 Å². The van der Waals surface area contributed by atoms with Crippen LogP contribution in [-0.4, -0.2) is 118 Å². The second-order valence-electron chi connectivity index (χ2n) is 13.9. The Hall–Kier alpha value is -9.32. The average Bonchev–Trinajstić information content (AvgIpc) is 3.26. The first-order valence-corrected chi connectivity index (χ1v) is 20.5. The number of carboxylic acid groups (broad SMARTS) is 6. The molecule has 0 aliphatic carbocycles. The van der Waals surface area contributed by atoms with Gasteiger partial charge in [0.1, 0.15) is 28.9 Å². The SMILES string of the molecule is CC(C(=O)O)C(Nc1nc(Nc2cc(F)c(N=Nc3cc(C(=O)O)cc(C(=O)O)c3)cc2O)nc(Nc2cc(F)c(N=Nc3cc(C(=O)O)cc(C(=O)O)c3)cc2OCCCS(=O)(=O)O)n1)C(=O)O. The number of hydrogen-bond acceptors (Lipinski definition) is 20. The van der Waals surface area contributed by atoms with Crippen molar-refractivity contribution in [2.45, 2.75) is 19.4 Å². The molecular weight excluding hydrogens is 951 g/mol. The largest absolute Gasteiger partial charge is 0.506 e. The van der Waals surface area contributed by atoms with E-state index in [-0.39, 0.29) is 23.5 Å². The topological polar surface area (TPSA) is 432 Å². The maximum absolute atomic E-state index is 15.8. The number of nitrogens with one attached hydrogen (secondary N) is 3. The minimum absolute atomic E-state index is 0.319. The fourth-order valence-corrected chi connectivity index (χ4v) is 6.00. The number of azo groups is 2. The first kappa shape index (κ1) is 50.7. The van der Waals surface area contributed by atoms with Crippen molar-refractivity contribution in [1.82, 2.24) is 15.0 Å². The molecule has 1 heterocycles. The normalized spacial score (nSPS) is 12.3. The predicted molar refractivity (Wildman–Crippen MR) is 228 cm³/mol. The number of rotatable bonds is 22. The summed E-state index contributed by atoms with van der Waals surface area (Å²) >= 11 is 0. The molecule has 69 heavy (non-hydrogen) atoms. The van der Waals surface area contributed by atoms with E-state index in [1.165, 1.54) is 0 Å². The van der Waals surface area contributed by atoms with Crippen molar-refractivity contribution in [2.75, 3.05) is 28.3 Å². The lowest BCUT2D eigenvalue weighted by molar-refractivity contribution is -0.148. The Bertz CT molecular complexity index is 3020. The number of hydrogen-bond donors (Lipinski definition) is 11. The summed E-state index contributed by atoms with van der Waals surface area (Å²) in [5.41, 5.74) is -4.82. The summed E-state index contributed by atoms with van der Waals surface area (Å²) in [5, 5.41) is 89.7. The Balaban J connectivity index is 1.56. The highest BCUT2D eigenvalue weighted by Crippen LogP contribution is 2.37. The number of carboxylic acids is 6. The molecule has 0 saturated carbocycles. The van der Waals surface area contributed by atoms with Gasteiger partial charge in [-0.05, 0) is 49.7 Å². The molecule has 2 atom stereocenters. The monoisotopic (exact) mass is 982 g/mol. The van der Waals surface area contributed by atoms with Crippen LogP contribution in [0.15, 0.2) is 81.1 Å². The summed E-state index contributed by atoms with van der Waals surface area (Å²) < 4.78 is 68.7. The fraction of sp³-hybridized carbons (Fsp3) is 0.154. The van der Waals surface area contributed by atoms with Crippen LogP contribution < -0.4 is 20.7 Å². The number of aromatic hydroxyl groups is 1. The standard InChI is InChI=1S/C39H32F2N10O17S/c1-15(31(53)54)30(36(63)64)44-39-46-37(42-26-11-22(40)24(13-28(26)52)50-48-20-7-16(32(55)56)5-17(8-20)33(57)58)45-38(47-39)43-27-12-23(41)25(14-29(27)68-3-2-4-69(65,66)67)51-49-21-9-18(34(59)60)6-19(10-21)35(61)62/h5-15,30,52H,2-4H2,1H3,(H,53,54)(H,55,56)(H,57,58)(H,59,60)(H,61,62)(H,63,64)(H,65,66,67)(H3,42,43,44,45,46,47). The Kier molecular flexibility index (Phi) is 15.7. The van der Waals surface area contributed by atoms with Crippen molar-refractivity contribution in [3.8, 4) is 11.5 Å². The number of aromatic nitrogens is 3. The Morgan fingerprint density at radius 2 is 1.06 bits per heavy atom. The number of carbonyl (C=O) groups is 6. The molecule has 1 aromatic heterocycles. The number of halogens is 2. The highest BCUT2D eigenvalue weighted by Gasteiger charge is 2.31. The zero-order valence-electron chi connectivity index (χ0n) is 34.6. The summed E-state index contributed by atoms with van der Waals surface area (Å²) in [7, 11) is -4.48. The number of anilines is 5. The molecule has 360 valence electrons. The quantitative estimate of drug-likeness (QED) is 0.0159. The van der Waals surface area contributed by atoms with Crippen LogP contribution in [0.1, 0.15) is 54.8 Å². The molecule has 0 bridgehead atoms. The summed E-state index contributed by atoms with van der Waals surface area (Å²) in [6, 6.07) is 6.43. The minimum atomic E-state index is -4.48. The van der Waals surface area contributed by atoms with Gasteiger partial charge < -0.3 is 56.4 Å². The van der Waals surface area contributed by atoms with E-state index in [1.807, 2.05) is 0 Å². The number of phenolic OH excluding ortho intramolecular Hbond substituents is 1. The van der Waals surface area contributed by atoms with E-state index in [2.05, 4.69) is 51.4 Å². The van der Waals surface area contributed by atoms with Crippen LogP contribution >= 0.6 is 0 Å². The third kappa shape index (κ3) is 13.8. The van der Waals surface area contributed by atoms with E-state index in [0.29, 0.717) is 12.1 Å². The van der Waals surface area contributed by atoms with E-state index >= 15 is 8.78 Å². The van der Waals surface area contributed by atoms with Gasteiger partial charge in [0.2, 0.25) is 17.8 Å². The van der Waals surface area contributed by atoms with Crippen LogP contribution in [-0.2, 0) is 19.7 Å². The predicted octanol–water partition coefficient (Wildman–Crippen LogP) is 6.21. The molecule has 11 N–H and O–H groups in total. The van der Waals surface area contributed by atoms with Crippen LogP contribution in [0.5, 0.6) is 11.5 Å². The van der Waals surface area contributed by atoms with E-state index in [9.17, 15) is 77.5 Å². The van der Waals surface area contributed by atoms with Gasteiger partial charge in [0.25, 0.3) is 10.1 Å². The van der Waals surface area contributed by atoms with E-state index in [4.69, 9.17) is 4.74 Å². The first-order chi connectivity index (χ1) is 32.4. The lowest BCUT2D eigenvalue weighted by Gasteiger charge is -2.19. The van der Waals surface area contributed by atoms with Gasteiger partial charge in [0, 0.05) is 24.3 Å². The number of phenols is 1. The third-order valence-electron chi connectivity index (χ3n) is 8.86. The Labute approximate surface area is 383 Å². The van der Waals surface area contributed by atoms with Gasteiger partial charge in [-0.2, -0.15) is 33.6 Å².